The molecule has 0 aliphatic carbocycles. The van der Waals surface area contributed by atoms with Crippen LogP contribution in [0.15, 0.2) is 47.7 Å². The number of guanidine groups is 1. The quantitative estimate of drug-likeness (QED) is 0.549. The van der Waals surface area contributed by atoms with Gasteiger partial charge in [-0.05, 0) is 62.0 Å². The van der Waals surface area contributed by atoms with Crippen molar-refractivity contribution in [2.45, 2.75) is 32.9 Å². The van der Waals surface area contributed by atoms with Crippen LogP contribution in [0.3, 0.4) is 0 Å². The number of hydrogen-bond acceptors (Lipinski definition) is 2. The third kappa shape index (κ3) is 6.28. The van der Waals surface area contributed by atoms with Crippen LogP contribution in [0.25, 0.3) is 0 Å². The molecule has 6 heteroatoms. The summed E-state index contributed by atoms with van der Waals surface area (Å²) in [6.45, 7) is 7.84. The molecular formula is C22H32ClN5. The molecule has 5 nitrogen and oxygen atoms in total. The molecule has 1 saturated heterocycles. The van der Waals surface area contributed by atoms with E-state index in [1.807, 2.05) is 19.2 Å². The molecule has 0 unspecified atom stereocenters. The highest BCUT2D eigenvalue weighted by molar-refractivity contribution is 6.31. The van der Waals surface area contributed by atoms with Crippen LogP contribution >= 0.6 is 11.6 Å². The number of aliphatic imine (C=N–C) groups is 1. The molecular weight excluding hydrogens is 370 g/mol. The monoisotopic (exact) mass is 401 g/mol. The molecule has 0 amide bonds. The van der Waals surface area contributed by atoms with E-state index < -0.39 is 0 Å². The van der Waals surface area contributed by atoms with E-state index in [1.54, 1.807) is 0 Å². The van der Waals surface area contributed by atoms with E-state index in [0.29, 0.717) is 12.5 Å². The van der Waals surface area contributed by atoms with Gasteiger partial charge in [0.05, 0.1) is 6.54 Å². The maximum absolute atomic E-state index is 6.30. The average molecular weight is 402 g/mol. The predicted molar refractivity (Wildman–Crippen MR) is 118 cm³/mol. The van der Waals surface area contributed by atoms with E-state index >= 15 is 0 Å². The normalized spacial score (nSPS) is 16.3. The standard InChI is InChI=1S/C22H32ClN5/c1-3-24-22(26-15-19-8-11-27(2)16-19)25-14-18-9-12-28(13-10-18)17-20-6-4-5-7-21(20)23/h4-8,11,16,18H,3,9-10,12-15,17H2,1-2H3,(H2,24,25,26). The fraction of sp³-hybridized carbons (Fsp3) is 0.500. The lowest BCUT2D eigenvalue weighted by molar-refractivity contribution is 0.178. The molecule has 2 aromatic rings. The molecule has 0 radical (unpaired) electrons. The van der Waals surface area contributed by atoms with Gasteiger partial charge >= 0.3 is 0 Å². The largest absolute Gasteiger partial charge is 0.357 e. The van der Waals surface area contributed by atoms with Crippen LogP contribution < -0.4 is 10.6 Å². The molecule has 1 aromatic carbocycles. The van der Waals surface area contributed by atoms with Gasteiger partial charge in [0.2, 0.25) is 0 Å². The van der Waals surface area contributed by atoms with E-state index in [4.69, 9.17) is 16.6 Å². The molecule has 28 heavy (non-hydrogen) atoms. The molecule has 0 bridgehead atoms. The number of nitrogens with one attached hydrogen (secondary N) is 2. The van der Waals surface area contributed by atoms with Crippen LogP contribution in [0.5, 0.6) is 0 Å². The lowest BCUT2D eigenvalue weighted by Crippen LogP contribution is -2.42. The van der Waals surface area contributed by atoms with Crippen molar-refractivity contribution < 1.29 is 0 Å². The highest BCUT2D eigenvalue weighted by Gasteiger charge is 2.20. The summed E-state index contributed by atoms with van der Waals surface area (Å²) in [4.78, 5) is 7.22. The second-order valence-corrected chi connectivity index (χ2v) is 7.98. The van der Waals surface area contributed by atoms with Crippen LogP contribution in [0.4, 0.5) is 0 Å². The molecule has 0 atom stereocenters. The number of piperidine rings is 1. The van der Waals surface area contributed by atoms with Crippen molar-refractivity contribution in [3.8, 4) is 0 Å². The van der Waals surface area contributed by atoms with Gasteiger partial charge in [0.25, 0.3) is 0 Å². The lowest BCUT2D eigenvalue weighted by atomic mass is 9.96. The number of halogens is 1. The maximum atomic E-state index is 6.30. The van der Waals surface area contributed by atoms with Gasteiger partial charge in [-0.15, -0.1) is 0 Å². The minimum atomic E-state index is 0.683. The van der Waals surface area contributed by atoms with E-state index in [9.17, 15) is 0 Å². The Morgan fingerprint density at radius 3 is 2.64 bits per heavy atom. The SMILES string of the molecule is CCNC(=NCc1ccn(C)c1)NCC1CCN(Cc2ccccc2Cl)CC1. The van der Waals surface area contributed by atoms with Gasteiger partial charge in [0.1, 0.15) is 0 Å². The third-order valence-electron chi connectivity index (χ3n) is 5.27. The summed E-state index contributed by atoms with van der Waals surface area (Å²) >= 11 is 6.30. The lowest BCUT2D eigenvalue weighted by Gasteiger charge is -2.32. The molecule has 3 rings (SSSR count). The number of likely N-dealkylation sites (tertiary alicyclic amines) is 1. The van der Waals surface area contributed by atoms with Gasteiger partial charge in [-0.1, -0.05) is 29.8 Å². The van der Waals surface area contributed by atoms with E-state index in [2.05, 4.69) is 57.6 Å². The van der Waals surface area contributed by atoms with Crippen molar-refractivity contribution >= 4 is 17.6 Å². The molecule has 152 valence electrons. The summed E-state index contributed by atoms with van der Waals surface area (Å²) in [5.41, 5.74) is 2.45. The van der Waals surface area contributed by atoms with Gasteiger partial charge in [-0.3, -0.25) is 4.90 Å². The zero-order valence-electron chi connectivity index (χ0n) is 17.0. The maximum Gasteiger partial charge on any atom is 0.191 e. The molecule has 1 aliphatic rings. The Labute approximate surface area is 173 Å². The summed E-state index contributed by atoms with van der Waals surface area (Å²) in [7, 11) is 2.04. The number of aromatic nitrogens is 1. The Bertz CT molecular complexity index is 762. The zero-order valence-corrected chi connectivity index (χ0v) is 17.8. The Hall–Kier alpha value is -1.98. The van der Waals surface area contributed by atoms with Gasteiger partial charge in [-0.25, -0.2) is 4.99 Å². The van der Waals surface area contributed by atoms with Crippen LogP contribution in [0.1, 0.15) is 30.9 Å². The molecule has 0 saturated carbocycles. The second kappa shape index (κ2) is 10.5. The van der Waals surface area contributed by atoms with Crippen molar-refractivity contribution in [3.63, 3.8) is 0 Å². The first kappa shape index (κ1) is 20.7. The highest BCUT2D eigenvalue weighted by atomic mass is 35.5. The van der Waals surface area contributed by atoms with Crippen LogP contribution in [-0.2, 0) is 20.1 Å². The van der Waals surface area contributed by atoms with Gasteiger partial charge in [-0.2, -0.15) is 0 Å². The number of hydrogen-bond donors (Lipinski definition) is 2. The van der Waals surface area contributed by atoms with Crippen LogP contribution in [-0.4, -0.2) is 41.6 Å². The predicted octanol–water partition coefficient (Wildman–Crippen LogP) is 3.65. The summed E-state index contributed by atoms with van der Waals surface area (Å²) in [6.07, 6.45) is 6.58. The van der Waals surface area contributed by atoms with Crippen molar-refractivity contribution in [1.82, 2.24) is 20.1 Å². The first-order valence-corrected chi connectivity index (χ1v) is 10.6. The van der Waals surface area contributed by atoms with Crippen LogP contribution in [0, 0.1) is 5.92 Å². The highest BCUT2D eigenvalue weighted by Crippen LogP contribution is 2.21. The molecule has 1 aliphatic heterocycles. The summed E-state index contributed by atoms with van der Waals surface area (Å²) in [5, 5.41) is 7.76. The molecule has 2 N–H and O–H groups in total. The smallest absolute Gasteiger partial charge is 0.191 e. The second-order valence-electron chi connectivity index (χ2n) is 7.57. The first-order chi connectivity index (χ1) is 13.6. The molecule has 0 spiro atoms. The number of nitrogens with zero attached hydrogens (tertiary/aromatic N) is 3. The molecule has 1 aromatic heterocycles. The van der Waals surface area contributed by atoms with Crippen molar-refractivity contribution in [3.05, 3.63) is 58.9 Å². The minimum Gasteiger partial charge on any atom is -0.357 e. The molecule has 2 heterocycles. The van der Waals surface area contributed by atoms with Gasteiger partial charge in [0.15, 0.2) is 5.96 Å². The minimum absolute atomic E-state index is 0.683. The Morgan fingerprint density at radius 1 is 1.18 bits per heavy atom. The number of benzene rings is 1. The number of aryl methyl sites for hydroxylation is 1. The van der Waals surface area contributed by atoms with Crippen molar-refractivity contribution in [2.75, 3.05) is 26.2 Å². The zero-order chi connectivity index (χ0) is 19.8. The third-order valence-corrected chi connectivity index (χ3v) is 5.64. The Kier molecular flexibility index (Phi) is 7.80. The van der Waals surface area contributed by atoms with E-state index in [1.165, 1.54) is 24.0 Å². The van der Waals surface area contributed by atoms with Crippen molar-refractivity contribution in [1.29, 1.82) is 0 Å². The Morgan fingerprint density at radius 2 is 1.96 bits per heavy atom. The van der Waals surface area contributed by atoms with Crippen LogP contribution in [0.2, 0.25) is 5.02 Å². The fourth-order valence-electron chi connectivity index (χ4n) is 3.62. The van der Waals surface area contributed by atoms with Gasteiger partial charge in [0, 0.05) is 44.1 Å². The van der Waals surface area contributed by atoms with E-state index in [0.717, 1.165) is 43.7 Å². The average Bonchev–Trinajstić information content (AvgIpc) is 3.12. The summed E-state index contributed by atoms with van der Waals surface area (Å²) < 4.78 is 2.06. The summed E-state index contributed by atoms with van der Waals surface area (Å²) in [5.74, 6) is 1.59. The summed E-state index contributed by atoms with van der Waals surface area (Å²) in [6, 6.07) is 10.3. The topological polar surface area (TPSA) is 44.6 Å². The molecule has 1 fully saturated rings. The van der Waals surface area contributed by atoms with E-state index in [-0.39, 0.29) is 0 Å². The first-order valence-electron chi connectivity index (χ1n) is 10.2. The Balaban J connectivity index is 1.43. The fourth-order valence-corrected chi connectivity index (χ4v) is 3.82. The number of rotatable bonds is 7. The van der Waals surface area contributed by atoms with Crippen molar-refractivity contribution in [2.24, 2.45) is 18.0 Å². The van der Waals surface area contributed by atoms with Gasteiger partial charge < -0.3 is 15.2 Å².